The fraction of sp³-hybridized carbons (Fsp3) is 0.667. The standard InChI is InChI=1S/C12H22N2O/c1-10(5-7-13-3)14(4)9-12-6-8-15-11(12)2/h6,8,10,13H,5,7,9H2,1-4H3. The Kier molecular flexibility index (Phi) is 4.85. The molecule has 0 bridgehead atoms. The summed E-state index contributed by atoms with van der Waals surface area (Å²) in [6, 6.07) is 2.64. The highest BCUT2D eigenvalue weighted by Crippen LogP contribution is 2.13. The van der Waals surface area contributed by atoms with E-state index < -0.39 is 0 Å². The first-order valence-corrected chi connectivity index (χ1v) is 5.53. The molecule has 0 aromatic carbocycles. The Morgan fingerprint density at radius 2 is 2.27 bits per heavy atom. The molecule has 0 saturated carbocycles. The van der Waals surface area contributed by atoms with Crippen molar-refractivity contribution in [1.29, 1.82) is 0 Å². The Hall–Kier alpha value is -0.800. The highest BCUT2D eigenvalue weighted by atomic mass is 16.3. The van der Waals surface area contributed by atoms with Crippen molar-refractivity contribution in [3.8, 4) is 0 Å². The maximum Gasteiger partial charge on any atom is 0.105 e. The molecule has 0 aliphatic carbocycles. The lowest BCUT2D eigenvalue weighted by atomic mass is 10.2. The summed E-state index contributed by atoms with van der Waals surface area (Å²) in [6.45, 7) is 6.30. The quantitative estimate of drug-likeness (QED) is 0.778. The SMILES string of the molecule is CNCCC(C)N(C)Cc1ccoc1C. The number of nitrogens with zero attached hydrogens (tertiary/aromatic N) is 1. The van der Waals surface area contributed by atoms with E-state index in [0.29, 0.717) is 6.04 Å². The second-order valence-electron chi connectivity index (χ2n) is 4.16. The van der Waals surface area contributed by atoms with Crippen molar-refractivity contribution in [1.82, 2.24) is 10.2 Å². The van der Waals surface area contributed by atoms with E-state index in [0.717, 1.165) is 18.8 Å². The molecule has 0 fully saturated rings. The summed E-state index contributed by atoms with van der Waals surface area (Å²) in [7, 11) is 4.15. The number of furan rings is 1. The van der Waals surface area contributed by atoms with Crippen LogP contribution in [0.25, 0.3) is 0 Å². The maximum atomic E-state index is 5.29. The summed E-state index contributed by atoms with van der Waals surface area (Å²) in [6.07, 6.45) is 2.93. The van der Waals surface area contributed by atoms with Crippen LogP contribution in [0.3, 0.4) is 0 Å². The molecule has 1 N–H and O–H groups in total. The molecule has 1 unspecified atom stereocenters. The van der Waals surface area contributed by atoms with Gasteiger partial charge in [-0.05, 0) is 47.0 Å². The van der Waals surface area contributed by atoms with Crippen LogP contribution in [0.15, 0.2) is 16.7 Å². The van der Waals surface area contributed by atoms with Gasteiger partial charge in [0, 0.05) is 18.2 Å². The summed E-state index contributed by atoms with van der Waals surface area (Å²) in [5, 5.41) is 3.18. The van der Waals surface area contributed by atoms with Gasteiger partial charge < -0.3 is 9.73 Å². The van der Waals surface area contributed by atoms with Crippen LogP contribution >= 0.6 is 0 Å². The summed E-state index contributed by atoms with van der Waals surface area (Å²) in [5.41, 5.74) is 1.29. The number of rotatable bonds is 6. The van der Waals surface area contributed by atoms with Crippen molar-refractivity contribution in [2.24, 2.45) is 0 Å². The van der Waals surface area contributed by atoms with Gasteiger partial charge >= 0.3 is 0 Å². The second-order valence-corrected chi connectivity index (χ2v) is 4.16. The lowest BCUT2D eigenvalue weighted by molar-refractivity contribution is 0.236. The van der Waals surface area contributed by atoms with Crippen LogP contribution in [0.1, 0.15) is 24.7 Å². The van der Waals surface area contributed by atoms with E-state index in [4.69, 9.17) is 4.42 Å². The normalized spacial score (nSPS) is 13.4. The van der Waals surface area contributed by atoms with Crippen LogP contribution in [-0.4, -0.2) is 31.6 Å². The zero-order valence-electron chi connectivity index (χ0n) is 10.2. The van der Waals surface area contributed by atoms with E-state index in [-0.39, 0.29) is 0 Å². The number of hydrogen-bond acceptors (Lipinski definition) is 3. The van der Waals surface area contributed by atoms with Gasteiger partial charge in [0.1, 0.15) is 5.76 Å². The van der Waals surface area contributed by atoms with Crippen molar-refractivity contribution in [3.63, 3.8) is 0 Å². The monoisotopic (exact) mass is 210 g/mol. The van der Waals surface area contributed by atoms with Gasteiger partial charge in [0.15, 0.2) is 0 Å². The molecule has 1 heterocycles. The molecule has 0 amide bonds. The predicted octanol–water partition coefficient (Wildman–Crippen LogP) is 2.02. The Labute approximate surface area is 92.5 Å². The second kappa shape index (κ2) is 5.93. The van der Waals surface area contributed by atoms with Crippen LogP contribution in [0.5, 0.6) is 0 Å². The van der Waals surface area contributed by atoms with Crippen LogP contribution in [0.2, 0.25) is 0 Å². The van der Waals surface area contributed by atoms with Crippen LogP contribution < -0.4 is 5.32 Å². The zero-order chi connectivity index (χ0) is 11.3. The van der Waals surface area contributed by atoms with Crippen LogP contribution in [0.4, 0.5) is 0 Å². The van der Waals surface area contributed by atoms with Crippen molar-refractivity contribution in [2.75, 3.05) is 20.6 Å². The van der Waals surface area contributed by atoms with Gasteiger partial charge in [0.25, 0.3) is 0 Å². The minimum Gasteiger partial charge on any atom is -0.469 e. The molecular weight excluding hydrogens is 188 g/mol. The van der Waals surface area contributed by atoms with Gasteiger partial charge in [0.2, 0.25) is 0 Å². The Bertz CT molecular complexity index is 283. The average molecular weight is 210 g/mol. The van der Waals surface area contributed by atoms with E-state index in [2.05, 4.69) is 30.3 Å². The van der Waals surface area contributed by atoms with Crippen molar-refractivity contribution >= 4 is 0 Å². The van der Waals surface area contributed by atoms with Gasteiger partial charge in [-0.2, -0.15) is 0 Å². The highest BCUT2D eigenvalue weighted by molar-refractivity contribution is 5.15. The third-order valence-electron chi connectivity index (χ3n) is 2.95. The molecule has 0 radical (unpaired) electrons. The minimum atomic E-state index is 0.590. The first-order chi connectivity index (χ1) is 7.15. The average Bonchev–Trinajstić information content (AvgIpc) is 2.61. The third-order valence-corrected chi connectivity index (χ3v) is 2.95. The first kappa shape index (κ1) is 12.3. The van der Waals surface area contributed by atoms with Gasteiger partial charge in [-0.15, -0.1) is 0 Å². The summed E-state index contributed by atoms with van der Waals surface area (Å²) < 4.78 is 5.29. The summed E-state index contributed by atoms with van der Waals surface area (Å²) in [4.78, 5) is 2.36. The molecule has 0 aliphatic rings. The number of nitrogens with one attached hydrogen (secondary N) is 1. The molecule has 1 aromatic rings. The highest BCUT2D eigenvalue weighted by Gasteiger charge is 2.11. The van der Waals surface area contributed by atoms with Gasteiger partial charge in [0.05, 0.1) is 6.26 Å². The molecule has 0 saturated heterocycles. The van der Waals surface area contributed by atoms with E-state index in [1.54, 1.807) is 6.26 Å². The molecular formula is C12H22N2O. The largest absolute Gasteiger partial charge is 0.469 e. The lowest BCUT2D eigenvalue weighted by Crippen LogP contribution is -2.31. The van der Waals surface area contributed by atoms with Gasteiger partial charge in [-0.25, -0.2) is 0 Å². The van der Waals surface area contributed by atoms with Crippen molar-refractivity contribution < 1.29 is 4.42 Å². The fourth-order valence-electron chi connectivity index (χ4n) is 1.57. The molecule has 3 heteroatoms. The zero-order valence-corrected chi connectivity index (χ0v) is 10.2. The smallest absolute Gasteiger partial charge is 0.105 e. The molecule has 0 spiro atoms. The molecule has 3 nitrogen and oxygen atoms in total. The summed E-state index contributed by atoms with van der Waals surface area (Å²) in [5.74, 6) is 1.03. The van der Waals surface area contributed by atoms with Gasteiger partial charge in [-0.3, -0.25) is 4.90 Å². The summed E-state index contributed by atoms with van der Waals surface area (Å²) >= 11 is 0. The van der Waals surface area contributed by atoms with Crippen molar-refractivity contribution in [3.05, 3.63) is 23.7 Å². The van der Waals surface area contributed by atoms with E-state index >= 15 is 0 Å². The molecule has 86 valence electrons. The number of aryl methyl sites for hydroxylation is 1. The van der Waals surface area contributed by atoms with Crippen LogP contribution in [-0.2, 0) is 6.54 Å². The first-order valence-electron chi connectivity index (χ1n) is 5.53. The Morgan fingerprint density at radius 1 is 1.53 bits per heavy atom. The van der Waals surface area contributed by atoms with E-state index in [1.165, 1.54) is 12.0 Å². The maximum absolute atomic E-state index is 5.29. The lowest BCUT2D eigenvalue weighted by Gasteiger charge is -2.24. The van der Waals surface area contributed by atoms with E-state index in [1.807, 2.05) is 14.0 Å². The Morgan fingerprint density at radius 3 is 2.80 bits per heavy atom. The Balaban J connectivity index is 2.41. The van der Waals surface area contributed by atoms with Gasteiger partial charge in [-0.1, -0.05) is 0 Å². The predicted molar refractivity (Wildman–Crippen MR) is 62.9 cm³/mol. The minimum absolute atomic E-state index is 0.590. The molecule has 1 rings (SSSR count). The molecule has 1 atom stereocenters. The topological polar surface area (TPSA) is 28.4 Å². The number of hydrogen-bond donors (Lipinski definition) is 1. The third kappa shape index (κ3) is 3.68. The van der Waals surface area contributed by atoms with Crippen molar-refractivity contribution in [2.45, 2.75) is 32.9 Å². The molecule has 15 heavy (non-hydrogen) atoms. The molecule has 0 aliphatic heterocycles. The molecule has 1 aromatic heterocycles. The fourth-order valence-corrected chi connectivity index (χ4v) is 1.57. The van der Waals surface area contributed by atoms with E-state index in [9.17, 15) is 0 Å². The van der Waals surface area contributed by atoms with Crippen LogP contribution in [0, 0.1) is 6.92 Å².